The van der Waals surface area contributed by atoms with Crippen molar-refractivity contribution in [1.29, 1.82) is 0 Å². The Hall–Kier alpha value is -1.94. The first-order valence-electron chi connectivity index (χ1n) is 5.42. The van der Waals surface area contributed by atoms with Gasteiger partial charge in [0.05, 0.1) is 5.75 Å². The lowest BCUT2D eigenvalue weighted by atomic mass is 10.1. The van der Waals surface area contributed by atoms with Gasteiger partial charge in [-0.05, 0) is 0 Å². The van der Waals surface area contributed by atoms with E-state index >= 15 is 0 Å². The van der Waals surface area contributed by atoms with Crippen molar-refractivity contribution >= 4 is 27.7 Å². The molecule has 1 aliphatic rings. The van der Waals surface area contributed by atoms with Gasteiger partial charge in [-0.15, -0.1) is 0 Å². The van der Waals surface area contributed by atoms with E-state index in [4.69, 9.17) is 10.9 Å². The third-order valence-electron chi connectivity index (χ3n) is 2.70. The number of aromatic amines is 1. The number of carbonyl (C=O) groups is 1. The van der Waals surface area contributed by atoms with E-state index in [2.05, 4.69) is 9.97 Å². The van der Waals surface area contributed by atoms with Crippen LogP contribution in [0.4, 0.5) is 11.8 Å². The van der Waals surface area contributed by atoms with E-state index in [0.717, 1.165) is 6.07 Å². The Morgan fingerprint density at radius 2 is 2.16 bits per heavy atom. The minimum absolute atomic E-state index is 0.0464. The third-order valence-corrected chi connectivity index (χ3v) is 3.63. The zero-order valence-electron chi connectivity index (χ0n) is 9.87. The number of carbonyl (C=O) groups excluding carboxylic acids is 1. The topological polar surface area (TPSA) is 152 Å². The molecule has 19 heavy (non-hydrogen) atoms. The Balaban J connectivity index is 2.22. The van der Waals surface area contributed by atoms with Crippen molar-refractivity contribution < 1.29 is 13.2 Å². The Labute approximate surface area is 108 Å². The minimum atomic E-state index is -3.64. The molecule has 9 nitrogen and oxygen atoms in total. The molecular formula is C9H13N5O4S. The smallest absolute Gasteiger partial charge is 0.254 e. The zero-order chi connectivity index (χ0) is 14.2. The van der Waals surface area contributed by atoms with Crippen LogP contribution >= 0.6 is 0 Å². The summed E-state index contributed by atoms with van der Waals surface area (Å²) in [6.45, 7) is 0.144. The van der Waals surface area contributed by atoms with Gasteiger partial charge in [-0.1, -0.05) is 0 Å². The number of nitrogens with zero attached hydrogens (tertiary/aromatic N) is 2. The first kappa shape index (κ1) is 13.5. The van der Waals surface area contributed by atoms with E-state index in [9.17, 15) is 18.0 Å². The molecule has 1 unspecified atom stereocenters. The summed E-state index contributed by atoms with van der Waals surface area (Å²) in [5, 5.41) is 4.94. The van der Waals surface area contributed by atoms with E-state index in [1.54, 1.807) is 0 Å². The van der Waals surface area contributed by atoms with Crippen LogP contribution < -0.4 is 21.3 Å². The van der Waals surface area contributed by atoms with Crippen molar-refractivity contribution in [3.05, 3.63) is 16.4 Å². The number of nitrogens with two attached hydrogens (primary N) is 2. The predicted octanol–water partition coefficient (Wildman–Crippen LogP) is -2.01. The summed E-state index contributed by atoms with van der Waals surface area (Å²) in [4.78, 5) is 30.4. The van der Waals surface area contributed by atoms with Gasteiger partial charge >= 0.3 is 0 Å². The number of nitrogens with one attached hydrogen (secondary N) is 1. The first-order chi connectivity index (χ1) is 8.74. The number of primary sulfonamides is 1. The van der Waals surface area contributed by atoms with Crippen molar-refractivity contribution in [1.82, 2.24) is 9.97 Å². The van der Waals surface area contributed by atoms with Gasteiger partial charge in [-0.3, -0.25) is 19.5 Å². The molecule has 0 bridgehead atoms. The fourth-order valence-corrected chi connectivity index (χ4v) is 2.92. The van der Waals surface area contributed by atoms with Crippen LogP contribution in [0.2, 0.25) is 0 Å². The molecule has 1 fully saturated rings. The highest BCUT2D eigenvalue weighted by molar-refractivity contribution is 7.89. The SMILES string of the molecule is Nc1nc(N2CC(CS(N)(=O)=O)CC2=O)cc(=O)[nH]1. The molecule has 1 aromatic heterocycles. The molecule has 10 heteroatoms. The molecule has 2 heterocycles. The first-order valence-corrected chi connectivity index (χ1v) is 7.14. The van der Waals surface area contributed by atoms with E-state index in [0.29, 0.717) is 0 Å². The molecule has 0 aromatic carbocycles. The van der Waals surface area contributed by atoms with Gasteiger partial charge < -0.3 is 5.73 Å². The van der Waals surface area contributed by atoms with Crippen LogP contribution in [-0.4, -0.2) is 36.6 Å². The lowest BCUT2D eigenvalue weighted by molar-refractivity contribution is -0.117. The molecule has 1 amide bonds. The quantitative estimate of drug-likeness (QED) is 0.584. The number of amides is 1. The number of H-pyrrole nitrogens is 1. The van der Waals surface area contributed by atoms with E-state index in [-0.39, 0.29) is 36.4 Å². The normalized spacial score (nSPS) is 19.9. The summed E-state index contributed by atoms with van der Waals surface area (Å²) in [5.41, 5.74) is 4.91. The Morgan fingerprint density at radius 1 is 1.47 bits per heavy atom. The van der Waals surface area contributed by atoms with Crippen molar-refractivity contribution in [3.63, 3.8) is 0 Å². The summed E-state index contributed by atoms with van der Waals surface area (Å²) in [5.74, 6) is -1.00. The molecular weight excluding hydrogens is 274 g/mol. The van der Waals surface area contributed by atoms with Crippen LogP contribution in [0.1, 0.15) is 6.42 Å². The molecule has 0 aliphatic carbocycles. The molecule has 0 radical (unpaired) electrons. The van der Waals surface area contributed by atoms with E-state index in [1.807, 2.05) is 0 Å². The Kier molecular flexibility index (Phi) is 3.28. The predicted molar refractivity (Wildman–Crippen MR) is 67.7 cm³/mol. The van der Waals surface area contributed by atoms with Gasteiger partial charge in [-0.25, -0.2) is 13.6 Å². The maximum absolute atomic E-state index is 11.8. The van der Waals surface area contributed by atoms with Gasteiger partial charge in [0.1, 0.15) is 5.82 Å². The van der Waals surface area contributed by atoms with Gasteiger partial charge in [0, 0.05) is 24.9 Å². The number of hydrogen-bond donors (Lipinski definition) is 3. The van der Waals surface area contributed by atoms with Crippen molar-refractivity contribution in [2.45, 2.75) is 6.42 Å². The number of aromatic nitrogens is 2. The van der Waals surface area contributed by atoms with Crippen molar-refractivity contribution in [2.75, 3.05) is 22.9 Å². The summed E-state index contributed by atoms with van der Waals surface area (Å²) < 4.78 is 22.0. The lowest BCUT2D eigenvalue weighted by Crippen LogP contribution is -2.29. The second-order valence-corrected chi connectivity index (χ2v) is 6.05. The summed E-state index contributed by atoms with van der Waals surface area (Å²) in [6.07, 6.45) is 0.0464. The second-order valence-electron chi connectivity index (χ2n) is 4.39. The molecule has 1 saturated heterocycles. The number of rotatable bonds is 3. The van der Waals surface area contributed by atoms with Crippen LogP contribution in [0.25, 0.3) is 0 Å². The number of hydrogen-bond acceptors (Lipinski definition) is 6. The molecule has 1 atom stereocenters. The monoisotopic (exact) mass is 287 g/mol. The summed E-state index contributed by atoms with van der Waals surface area (Å²) in [6, 6.07) is 1.13. The van der Waals surface area contributed by atoms with Gasteiger partial charge in [0.15, 0.2) is 0 Å². The lowest BCUT2D eigenvalue weighted by Gasteiger charge is -2.15. The highest BCUT2D eigenvalue weighted by Gasteiger charge is 2.33. The molecule has 1 aliphatic heterocycles. The maximum Gasteiger partial charge on any atom is 0.254 e. The highest BCUT2D eigenvalue weighted by atomic mass is 32.2. The molecule has 5 N–H and O–H groups in total. The molecule has 0 spiro atoms. The van der Waals surface area contributed by atoms with Crippen LogP contribution in [0, 0.1) is 5.92 Å². The standard InChI is InChI=1S/C9H13N5O4S/c10-9-12-6(2-7(15)13-9)14-3-5(1-8(14)16)4-19(11,17)18/h2,5H,1,3-4H2,(H2,11,17,18)(H3,10,12,13,15). The summed E-state index contributed by atoms with van der Waals surface area (Å²) in [7, 11) is -3.64. The number of nitrogen functional groups attached to an aromatic ring is 1. The Bertz CT molecular complexity index is 667. The average molecular weight is 287 g/mol. The third kappa shape index (κ3) is 3.29. The van der Waals surface area contributed by atoms with Crippen molar-refractivity contribution in [3.8, 4) is 0 Å². The molecule has 104 valence electrons. The van der Waals surface area contributed by atoms with Crippen LogP contribution in [0.15, 0.2) is 10.9 Å². The zero-order valence-corrected chi connectivity index (χ0v) is 10.7. The van der Waals surface area contributed by atoms with Crippen LogP contribution in [-0.2, 0) is 14.8 Å². The van der Waals surface area contributed by atoms with Gasteiger partial charge in [0.25, 0.3) is 5.56 Å². The summed E-state index contributed by atoms with van der Waals surface area (Å²) >= 11 is 0. The molecule has 1 aromatic rings. The van der Waals surface area contributed by atoms with Gasteiger partial charge in [-0.2, -0.15) is 4.98 Å². The number of sulfonamides is 1. The van der Waals surface area contributed by atoms with E-state index in [1.165, 1.54) is 4.90 Å². The Morgan fingerprint density at radius 3 is 2.74 bits per heavy atom. The van der Waals surface area contributed by atoms with E-state index < -0.39 is 21.5 Å². The van der Waals surface area contributed by atoms with Crippen LogP contribution in [0.3, 0.4) is 0 Å². The minimum Gasteiger partial charge on any atom is -0.369 e. The van der Waals surface area contributed by atoms with Crippen molar-refractivity contribution in [2.24, 2.45) is 11.1 Å². The van der Waals surface area contributed by atoms with Crippen LogP contribution in [0.5, 0.6) is 0 Å². The maximum atomic E-state index is 11.8. The second kappa shape index (κ2) is 4.63. The molecule has 2 rings (SSSR count). The molecule has 0 saturated carbocycles. The number of anilines is 2. The fraction of sp³-hybridized carbons (Fsp3) is 0.444. The fourth-order valence-electron chi connectivity index (χ4n) is 2.04. The largest absolute Gasteiger partial charge is 0.369 e. The van der Waals surface area contributed by atoms with Gasteiger partial charge in [0.2, 0.25) is 21.9 Å². The average Bonchev–Trinajstić information content (AvgIpc) is 2.54. The highest BCUT2D eigenvalue weighted by Crippen LogP contribution is 2.23.